The summed E-state index contributed by atoms with van der Waals surface area (Å²) in [6.07, 6.45) is 0.139. The third kappa shape index (κ3) is 5.31. The van der Waals surface area contributed by atoms with Gasteiger partial charge >= 0.3 is 0 Å². The van der Waals surface area contributed by atoms with Gasteiger partial charge in [-0.05, 0) is 24.3 Å². The van der Waals surface area contributed by atoms with Gasteiger partial charge in [-0.3, -0.25) is 9.59 Å². The zero-order chi connectivity index (χ0) is 12.7. The molecule has 0 bridgehead atoms. The van der Waals surface area contributed by atoms with Gasteiger partial charge in [-0.15, -0.1) is 11.6 Å². The molecule has 1 rings (SSSR count). The van der Waals surface area contributed by atoms with Crippen molar-refractivity contribution in [3.8, 4) is 0 Å². The fourth-order valence-corrected chi connectivity index (χ4v) is 1.21. The molecule has 0 fully saturated rings. The number of benzene rings is 1. The van der Waals surface area contributed by atoms with Crippen molar-refractivity contribution in [3.05, 3.63) is 30.1 Å². The molecule has 0 saturated carbocycles. The number of halogens is 2. The molecule has 0 radical (unpaired) electrons. The van der Waals surface area contributed by atoms with Gasteiger partial charge < -0.3 is 10.6 Å². The number of anilines is 1. The summed E-state index contributed by atoms with van der Waals surface area (Å²) in [4.78, 5) is 22.2. The highest BCUT2D eigenvalue weighted by molar-refractivity contribution is 6.27. The van der Waals surface area contributed by atoms with Crippen molar-refractivity contribution >= 4 is 29.1 Å². The van der Waals surface area contributed by atoms with Crippen molar-refractivity contribution in [3.63, 3.8) is 0 Å². The molecule has 0 saturated heterocycles. The van der Waals surface area contributed by atoms with Crippen molar-refractivity contribution in [2.24, 2.45) is 0 Å². The lowest BCUT2D eigenvalue weighted by molar-refractivity contribution is -0.119. The molecule has 1 aromatic carbocycles. The van der Waals surface area contributed by atoms with Crippen LogP contribution in [0.15, 0.2) is 24.3 Å². The molecule has 92 valence electrons. The Morgan fingerprint density at radius 1 is 1.18 bits per heavy atom. The number of alkyl halides is 1. The van der Waals surface area contributed by atoms with E-state index in [1.807, 2.05) is 0 Å². The molecular weight excluding hydrogens is 247 g/mol. The maximum Gasteiger partial charge on any atom is 0.234 e. The summed E-state index contributed by atoms with van der Waals surface area (Å²) < 4.78 is 12.6. The average Bonchev–Trinajstić information content (AvgIpc) is 2.32. The summed E-state index contributed by atoms with van der Waals surface area (Å²) in [5.41, 5.74) is 0.514. The van der Waals surface area contributed by atoms with E-state index in [-0.39, 0.29) is 36.5 Å². The molecular formula is C11H12ClFN2O2. The number of rotatable bonds is 5. The Labute approximate surface area is 103 Å². The zero-order valence-corrected chi connectivity index (χ0v) is 9.76. The second kappa shape index (κ2) is 6.85. The van der Waals surface area contributed by atoms with Crippen LogP contribution in [0.4, 0.5) is 10.1 Å². The first kappa shape index (κ1) is 13.4. The molecule has 6 heteroatoms. The molecule has 2 N–H and O–H groups in total. The highest BCUT2D eigenvalue weighted by Crippen LogP contribution is 2.08. The molecule has 2 amide bonds. The Hall–Kier alpha value is -1.62. The largest absolute Gasteiger partial charge is 0.355 e. The van der Waals surface area contributed by atoms with Crippen molar-refractivity contribution < 1.29 is 14.0 Å². The predicted molar refractivity (Wildman–Crippen MR) is 63.4 cm³/mol. The van der Waals surface area contributed by atoms with E-state index in [1.54, 1.807) is 0 Å². The van der Waals surface area contributed by atoms with Crippen LogP contribution in [0.5, 0.6) is 0 Å². The number of nitrogens with one attached hydrogen (secondary N) is 2. The van der Waals surface area contributed by atoms with Crippen molar-refractivity contribution in [1.29, 1.82) is 0 Å². The first-order chi connectivity index (χ1) is 8.11. The predicted octanol–water partition coefficient (Wildman–Crippen LogP) is 1.51. The number of carbonyl (C=O) groups excluding carboxylic acids is 2. The average molecular weight is 259 g/mol. The van der Waals surface area contributed by atoms with Gasteiger partial charge in [0.1, 0.15) is 11.7 Å². The Balaban J connectivity index is 2.30. The van der Waals surface area contributed by atoms with E-state index in [1.165, 1.54) is 24.3 Å². The summed E-state index contributed by atoms with van der Waals surface area (Å²) in [6.45, 7) is 0.221. The molecule has 0 atom stereocenters. The Morgan fingerprint density at radius 3 is 2.41 bits per heavy atom. The van der Waals surface area contributed by atoms with Crippen LogP contribution in [-0.2, 0) is 9.59 Å². The SMILES string of the molecule is O=C(CCl)NCCC(=O)Nc1ccc(F)cc1. The number of hydrogen-bond acceptors (Lipinski definition) is 2. The molecule has 4 nitrogen and oxygen atoms in total. The summed E-state index contributed by atoms with van der Waals surface area (Å²) in [5, 5.41) is 5.04. The second-order valence-corrected chi connectivity index (χ2v) is 3.56. The first-order valence-electron chi connectivity index (χ1n) is 5.00. The minimum Gasteiger partial charge on any atom is -0.355 e. The topological polar surface area (TPSA) is 58.2 Å². The third-order valence-electron chi connectivity index (χ3n) is 1.92. The van der Waals surface area contributed by atoms with E-state index in [0.717, 1.165) is 0 Å². The minimum atomic E-state index is -0.364. The highest BCUT2D eigenvalue weighted by Gasteiger charge is 2.03. The summed E-state index contributed by atoms with van der Waals surface area (Å²) in [6, 6.07) is 5.44. The Morgan fingerprint density at radius 2 is 1.82 bits per heavy atom. The molecule has 0 aliphatic heterocycles. The lowest BCUT2D eigenvalue weighted by atomic mass is 10.3. The van der Waals surface area contributed by atoms with Gasteiger partial charge in [0.2, 0.25) is 11.8 Å². The standard InChI is InChI=1S/C11H12ClFN2O2/c12-7-11(17)14-6-5-10(16)15-9-3-1-8(13)2-4-9/h1-4H,5-7H2,(H,14,17)(H,15,16). The lowest BCUT2D eigenvalue weighted by Crippen LogP contribution is -2.28. The Kier molecular flexibility index (Phi) is 5.42. The van der Waals surface area contributed by atoms with Crippen molar-refractivity contribution in [1.82, 2.24) is 5.32 Å². The van der Waals surface area contributed by atoms with E-state index < -0.39 is 0 Å². The fraction of sp³-hybridized carbons (Fsp3) is 0.273. The van der Waals surface area contributed by atoms with Gasteiger partial charge in [0.15, 0.2) is 0 Å². The maximum atomic E-state index is 12.6. The molecule has 0 aliphatic rings. The third-order valence-corrected chi connectivity index (χ3v) is 2.17. The fourth-order valence-electron chi connectivity index (χ4n) is 1.12. The number of carbonyl (C=O) groups is 2. The number of hydrogen-bond donors (Lipinski definition) is 2. The van der Waals surface area contributed by atoms with Crippen LogP contribution in [0, 0.1) is 5.82 Å². The van der Waals surface area contributed by atoms with E-state index in [4.69, 9.17) is 11.6 Å². The smallest absolute Gasteiger partial charge is 0.234 e. The maximum absolute atomic E-state index is 12.6. The molecule has 0 aromatic heterocycles. The van der Waals surface area contributed by atoms with Crippen LogP contribution in [0.1, 0.15) is 6.42 Å². The first-order valence-corrected chi connectivity index (χ1v) is 5.53. The van der Waals surface area contributed by atoms with E-state index in [2.05, 4.69) is 10.6 Å². The zero-order valence-electron chi connectivity index (χ0n) is 9.00. The summed E-state index contributed by atoms with van der Waals surface area (Å²) in [5.74, 6) is -1.07. The van der Waals surface area contributed by atoms with E-state index >= 15 is 0 Å². The molecule has 0 unspecified atom stereocenters. The van der Waals surface area contributed by atoms with Gasteiger partial charge in [0, 0.05) is 18.7 Å². The van der Waals surface area contributed by atoms with E-state index in [0.29, 0.717) is 5.69 Å². The van der Waals surface area contributed by atoms with Crippen LogP contribution in [0.2, 0.25) is 0 Å². The van der Waals surface area contributed by atoms with Crippen molar-refractivity contribution in [2.45, 2.75) is 6.42 Å². The van der Waals surface area contributed by atoms with Gasteiger partial charge in [0.05, 0.1) is 0 Å². The van der Waals surface area contributed by atoms with Gasteiger partial charge in [-0.25, -0.2) is 4.39 Å². The number of amides is 2. The van der Waals surface area contributed by atoms with Crippen LogP contribution in [0.25, 0.3) is 0 Å². The molecule has 0 aliphatic carbocycles. The van der Waals surface area contributed by atoms with Gasteiger partial charge in [-0.2, -0.15) is 0 Å². The quantitative estimate of drug-likeness (QED) is 0.787. The van der Waals surface area contributed by atoms with Crippen LogP contribution in [0.3, 0.4) is 0 Å². The molecule has 1 aromatic rings. The highest BCUT2D eigenvalue weighted by atomic mass is 35.5. The van der Waals surface area contributed by atoms with Gasteiger partial charge in [0.25, 0.3) is 0 Å². The monoisotopic (exact) mass is 258 g/mol. The van der Waals surface area contributed by atoms with Crippen molar-refractivity contribution in [2.75, 3.05) is 17.7 Å². The molecule has 0 heterocycles. The summed E-state index contributed by atoms with van der Waals surface area (Å²) >= 11 is 5.26. The van der Waals surface area contributed by atoms with Crippen LogP contribution < -0.4 is 10.6 Å². The Bertz CT molecular complexity index is 395. The van der Waals surface area contributed by atoms with Crippen LogP contribution >= 0.6 is 11.6 Å². The molecule has 0 spiro atoms. The minimum absolute atomic E-state index is 0.125. The second-order valence-electron chi connectivity index (χ2n) is 3.29. The van der Waals surface area contributed by atoms with Gasteiger partial charge in [-0.1, -0.05) is 0 Å². The van der Waals surface area contributed by atoms with E-state index in [9.17, 15) is 14.0 Å². The summed E-state index contributed by atoms with van der Waals surface area (Å²) in [7, 11) is 0. The normalized spacial score (nSPS) is 9.76. The molecule has 17 heavy (non-hydrogen) atoms. The van der Waals surface area contributed by atoms with Crippen LogP contribution in [-0.4, -0.2) is 24.2 Å². The lowest BCUT2D eigenvalue weighted by Gasteiger charge is -2.05.